The van der Waals surface area contributed by atoms with Gasteiger partial charge in [0.1, 0.15) is 5.75 Å². The van der Waals surface area contributed by atoms with Crippen molar-refractivity contribution in [1.29, 1.82) is 0 Å². The molecular weight excluding hydrogens is 314 g/mol. The van der Waals surface area contributed by atoms with Gasteiger partial charge in [-0.05, 0) is 54.5 Å². The van der Waals surface area contributed by atoms with Crippen LogP contribution < -0.4 is 10.5 Å². The Bertz CT molecular complexity index is 769. The molecule has 0 saturated carbocycles. The van der Waals surface area contributed by atoms with Crippen LogP contribution in [0.5, 0.6) is 5.75 Å². The largest absolute Gasteiger partial charge is 0.484 e. The van der Waals surface area contributed by atoms with E-state index in [1.54, 1.807) is 43.3 Å². The average molecular weight is 330 g/mol. The van der Waals surface area contributed by atoms with Gasteiger partial charge in [-0.1, -0.05) is 29.8 Å². The number of aryl methyl sites for hydroxylation is 1. The van der Waals surface area contributed by atoms with Crippen molar-refractivity contribution in [1.82, 2.24) is 0 Å². The lowest BCUT2D eigenvalue weighted by Gasteiger charge is -2.08. The molecule has 0 bridgehead atoms. The molecule has 0 atom stereocenters. The zero-order valence-corrected chi connectivity index (χ0v) is 13.3. The number of amides is 1. The minimum atomic E-state index is -0.547. The fourth-order valence-corrected chi connectivity index (χ4v) is 2.19. The Labute approximate surface area is 139 Å². The predicted octanol–water partition coefficient (Wildman–Crippen LogP) is 3.41. The maximum atomic E-state index is 12.2. The molecule has 0 unspecified atom stereocenters. The number of allylic oxidation sites excluding steroid dienone is 1. The van der Waals surface area contributed by atoms with Gasteiger partial charge in [0.2, 0.25) is 0 Å². The highest BCUT2D eigenvalue weighted by atomic mass is 35.5. The maximum absolute atomic E-state index is 12.2. The fourth-order valence-electron chi connectivity index (χ4n) is 1.99. The topological polar surface area (TPSA) is 69.4 Å². The minimum Gasteiger partial charge on any atom is -0.484 e. The van der Waals surface area contributed by atoms with E-state index in [1.165, 1.54) is 6.08 Å². The van der Waals surface area contributed by atoms with E-state index in [0.717, 1.165) is 11.1 Å². The Balaban J connectivity index is 2.10. The first kappa shape index (κ1) is 16.8. The number of primary amides is 1. The van der Waals surface area contributed by atoms with Crippen molar-refractivity contribution < 1.29 is 14.3 Å². The van der Waals surface area contributed by atoms with E-state index in [4.69, 9.17) is 22.1 Å². The summed E-state index contributed by atoms with van der Waals surface area (Å²) in [5.41, 5.74) is 7.18. The van der Waals surface area contributed by atoms with Crippen molar-refractivity contribution in [2.24, 2.45) is 5.73 Å². The lowest BCUT2D eigenvalue weighted by molar-refractivity contribution is -0.119. The van der Waals surface area contributed by atoms with Crippen molar-refractivity contribution in [3.63, 3.8) is 0 Å². The number of ether oxygens (including phenoxy) is 1. The van der Waals surface area contributed by atoms with E-state index in [9.17, 15) is 9.59 Å². The summed E-state index contributed by atoms with van der Waals surface area (Å²) in [5.74, 6) is -0.150. The first-order valence-electron chi connectivity index (χ1n) is 6.95. The van der Waals surface area contributed by atoms with Crippen LogP contribution in [-0.2, 0) is 4.79 Å². The van der Waals surface area contributed by atoms with Crippen LogP contribution in [0.15, 0.2) is 48.5 Å². The Hall–Kier alpha value is -2.59. The molecule has 0 radical (unpaired) electrons. The van der Waals surface area contributed by atoms with E-state index < -0.39 is 5.91 Å². The van der Waals surface area contributed by atoms with E-state index >= 15 is 0 Å². The van der Waals surface area contributed by atoms with Crippen LogP contribution in [0.2, 0.25) is 5.02 Å². The predicted molar refractivity (Wildman–Crippen MR) is 90.7 cm³/mol. The molecule has 23 heavy (non-hydrogen) atoms. The van der Waals surface area contributed by atoms with Gasteiger partial charge in [0.15, 0.2) is 12.4 Å². The molecule has 0 heterocycles. The molecule has 118 valence electrons. The standard InChI is InChI=1S/C18H16ClNO3/c1-12-9-14(6-8-17(12)23-11-18(20)22)16(21)7-5-13-3-2-4-15(19)10-13/h2-10H,11H2,1H3,(H2,20,22)/b7-5+. The number of nitrogens with two attached hydrogens (primary N) is 1. The summed E-state index contributed by atoms with van der Waals surface area (Å²) in [6, 6.07) is 12.2. The van der Waals surface area contributed by atoms with E-state index in [2.05, 4.69) is 0 Å². The van der Waals surface area contributed by atoms with Crippen LogP contribution >= 0.6 is 11.6 Å². The fraction of sp³-hybridized carbons (Fsp3) is 0.111. The first-order valence-corrected chi connectivity index (χ1v) is 7.33. The molecular formula is C18H16ClNO3. The highest BCUT2D eigenvalue weighted by molar-refractivity contribution is 6.30. The third-order valence-electron chi connectivity index (χ3n) is 3.11. The highest BCUT2D eigenvalue weighted by Crippen LogP contribution is 2.20. The zero-order valence-electron chi connectivity index (χ0n) is 12.6. The lowest BCUT2D eigenvalue weighted by atomic mass is 10.1. The van der Waals surface area contributed by atoms with Gasteiger partial charge in [-0.2, -0.15) is 0 Å². The van der Waals surface area contributed by atoms with Gasteiger partial charge < -0.3 is 10.5 Å². The molecule has 2 aromatic rings. The third-order valence-corrected chi connectivity index (χ3v) is 3.34. The Morgan fingerprint density at radius 3 is 2.65 bits per heavy atom. The molecule has 4 nitrogen and oxygen atoms in total. The van der Waals surface area contributed by atoms with Gasteiger partial charge in [0.05, 0.1) is 0 Å². The number of ketones is 1. The van der Waals surface area contributed by atoms with Crippen molar-refractivity contribution >= 4 is 29.4 Å². The zero-order chi connectivity index (χ0) is 16.8. The molecule has 2 aromatic carbocycles. The second-order valence-electron chi connectivity index (χ2n) is 4.99. The van der Waals surface area contributed by atoms with Gasteiger partial charge in [0, 0.05) is 10.6 Å². The number of benzene rings is 2. The quantitative estimate of drug-likeness (QED) is 0.652. The van der Waals surface area contributed by atoms with Crippen LogP contribution in [-0.4, -0.2) is 18.3 Å². The van der Waals surface area contributed by atoms with Crippen molar-refractivity contribution in [2.45, 2.75) is 6.92 Å². The van der Waals surface area contributed by atoms with Crippen LogP contribution in [0.1, 0.15) is 21.5 Å². The summed E-state index contributed by atoms with van der Waals surface area (Å²) >= 11 is 5.90. The van der Waals surface area contributed by atoms with Gasteiger partial charge >= 0.3 is 0 Å². The van der Waals surface area contributed by atoms with Crippen molar-refractivity contribution in [3.8, 4) is 5.75 Å². The Kier molecular flexibility index (Phi) is 5.55. The number of rotatable bonds is 6. The molecule has 2 rings (SSSR count). The van der Waals surface area contributed by atoms with E-state index in [0.29, 0.717) is 16.3 Å². The molecule has 0 aromatic heterocycles. The third kappa shape index (κ3) is 4.97. The number of carbonyl (C=O) groups is 2. The summed E-state index contributed by atoms with van der Waals surface area (Å²) in [7, 11) is 0. The highest BCUT2D eigenvalue weighted by Gasteiger charge is 2.07. The molecule has 0 aliphatic rings. The Morgan fingerprint density at radius 2 is 2.00 bits per heavy atom. The summed E-state index contributed by atoms with van der Waals surface area (Å²) in [6.07, 6.45) is 3.20. The normalized spacial score (nSPS) is 10.7. The summed E-state index contributed by atoms with van der Waals surface area (Å²) in [6.45, 7) is 1.61. The van der Waals surface area contributed by atoms with Gasteiger partial charge in [0.25, 0.3) is 5.91 Å². The summed E-state index contributed by atoms with van der Waals surface area (Å²) < 4.78 is 5.26. The molecule has 0 saturated heterocycles. The summed E-state index contributed by atoms with van der Waals surface area (Å²) in [5, 5.41) is 0.617. The van der Waals surface area contributed by atoms with E-state index in [-0.39, 0.29) is 12.4 Å². The van der Waals surface area contributed by atoms with Crippen LogP contribution in [0, 0.1) is 6.92 Å². The number of hydrogen-bond acceptors (Lipinski definition) is 3. The molecule has 0 fully saturated rings. The van der Waals surface area contributed by atoms with Crippen LogP contribution in [0.4, 0.5) is 0 Å². The molecule has 0 aliphatic carbocycles. The average Bonchev–Trinajstić information content (AvgIpc) is 2.51. The lowest BCUT2D eigenvalue weighted by Crippen LogP contribution is -2.20. The smallest absolute Gasteiger partial charge is 0.255 e. The summed E-state index contributed by atoms with van der Waals surface area (Å²) in [4.78, 5) is 22.9. The Morgan fingerprint density at radius 1 is 1.22 bits per heavy atom. The van der Waals surface area contributed by atoms with Crippen LogP contribution in [0.25, 0.3) is 6.08 Å². The second-order valence-corrected chi connectivity index (χ2v) is 5.42. The second kappa shape index (κ2) is 7.61. The van der Waals surface area contributed by atoms with Gasteiger partial charge in [-0.3, -0.25) is 9.59 Å². The van der Waals surface area contributed by atoms with Crippen molar-refractivity contribution in [3.05, 3.63) is 70.3 Å². The minimum absolute atomic E-state index is 0.130. The van der Waals surface area contributed by atoms with E-state index in [1.807, 2.05) is 12.1 Å². The molecule has 5 heteroatoms. The molecule has 2 N–H and O–H groups in total. The SMILES string of the molecule is Cc1cc(C(=O)/C=C/c2cccc(Cl)c2)ccc1OCC(N)=O. The van der Waals surface area contributed by atoms with Gasteiger partial charge in [-0.15, -0.1) is 0 Å². The number of halogens is 1. The first-order chi connectivity index (χ1) is 11.0. The maximum Gasteiger partial charge on any atom is 0.255 e. The number of hydrogen-bond donors (Lipinski definition) is 1. The monoisotopic (exact) mass is 329 g/mol. The number of carbonyl (C=O) groups excluding carboxylic acids is 2. The van der Waals surface area contributed by atoms with Crippen molar-refractivity contribution in [2.75, 3.05) is 6.61 Å². The molecule has 1 amide bonds. The van der Waals surface area contributed by atoms with Gasteiger partial charge in [-0.25, -0.2) is 0 Å². The molecule has 0 spiro atoms. The van der Waals surface area contributed by atoms with Crippen LogP contribution in [0.3, 0.4) is 0 Å². The molecule has 0 aliphatic heterocycles.